The molecule has 8 heteroatoms. The highest BCUT2D eigenvalue weighted by molar-refractivity contribution is 5.94. The number of benzene rings is 3. The highest BCUT2D eigenvalue weighted by atomic mass is 19.1. The van der Waals surface area contributed by atoms with Crippen LogP contribution in [-0.4, -0.2) is 58.4 Å². The van der Waals surface area contributed by atoms with Gasteiger partial charge in [-0.3, -0.25) is 19.1 Å². The average Bonchev–Trinajstić information content (AvgIpc) is 3.35. The quantitative estimate of drug-likeness (QED) is 0.429. The molecule has 2 heterocycles. The summed E-state index contributed by atoms with van der Waals surface area (Å²) < 4.78 is 28.6. The van der Waals surface area contributed by atoms with Gasteiger partial charge in [-0.1, -0.05) is 48.5 Å². The lowest BCUT2D eigenvalue weighted by Gasteiger charge is -2.40. The predicted octanol–water partition coefficient (Wildman–Crippen LogP) is 4.21. The minimum atomic E-state index is -0.946. The minimum absolute atomic E-state index is 0.0767. The molecule has 1 amide bonds. The van der Waals surface area contributed by atoms with Crippen LogP contribution in [0.3, 0.4) is 0 Å². The summed E-state index contributed by atoms with van der Waals surface area (Å²) in [6, 6.07) is 19.1. The number of hydrogen-bond donors (Lipinski definition) is 1. The highest BCUT2D eigenvalue weighted by Crippen LogP contribution is 2.30. The van der Waals surface area contributed by atoms with Gasteiger partial charge in [0.1, 0.15) is 11.6 Å². The normalized spacial score (nSPS) is 15.3. The van der Waals surface area contributed by atoms with Gasteiger partial charge in [-0.2, -0.15) is 0 Å². The van der Waals surface area contributed by atoms with E-state index in [0.29, 0.717) is 26.2 Å². The summed E-state index contributed by atoms with van der Waals surface area (Å²) in [6.45, 7) is 2.06. The average molecular weight is 503 g/mol. The number of piperazine rings is 1. The molecular formula is C29H28F2N4O2. The number of fused-ring (bicyclic) bond motifs is 1. The molecule has 0 unspecified atom stereocenters. The molecule has 0 spiro atoms. The maximum atomic E-state index is 13.6. The van der Waals surface area contributed by atoms with E-state index in [1.165, 1.54) is 28.8 Å². The predicted molar refractivity (Wildman–Crippen MR) is 138 cm³/mol. The van der Waals surface area contributed by atoms with Crippen LogP contribution in [0.5, 0.6) is 0 Å². The van der Waals surface area contributed by atoms with Crippen LogP contribution in [0.1, 0.15) is 28.4 Å². The highest BCUT2D eigenvalue weighted by Gasteiger charge is 2.30. The van der Waals surface area contributed by atoms with Gasteiger partial charge in [-0.25, -0.2) is 8.78 Å². The van der Waals surface area contributed by atoms with Crippen molar-refractivity contribution in [1.29, 1.82) is 0 Å². The van der Waals surface area contributed by atoms with Crippen LogP contribution in [0, 0.1) is 11.6 Å². The van der Waals surface area contributed by atoms with Gasteiger partial charge in [0, 0.05) is 38.6 Å². The molecule has 0 radical (unpaired) electrons. The van der Waals surface area contributed by atoms with Crippen molar-refractivity contribution in [2.24, 2.45) is 5.73 Å². The van der Waals surface area contributed by atoms with Crippen LogP contribution in [-0.2, 0) is 4.79 Å². The van der Waals surface area contributed by atoms with Crippen molar-refractivity contribution in [1.82, 2.24) is 14.4 Å². The van der Waals surface area contributed by atoms with Crippen LogP contribution in [0.4, 0.5) is 8.78 Å². The van der Waals surface area contributed by atoms with Crippen LogP contribution in [0.25, 0.3) is 10.8 Å². The molecule has 0 saturated carbocycles. The van der Waals surface area contributed by atoms with Gasteiger partial charge in [0.15, 0.2) is 0 Å². The van der Waals surface area contributed by atoms with Gasteiger partial charge in [-0.15, -0.1) is 0 Å². The fraction of sp³-hybridized carbons (Fsp3) is 0.241. The molecule has 2 N–H and O–H groups in total. The molecule has 190 valence electrons. The first-order chi connectivity index (χ1) is 17.9. The van der Waals surface area contributed by atoms with Crippen molar-refractivity contribution in [3.8, 4) is 0 Å². The van der Waals surface area contributed by atoms with E-state index in [0.717, 1.165) is 21.9 Å². The van der Waals surface area contributed by atoms with Crippen molar-refractivity contribution < 1.29 is 18.4 Å². The van der Waals surface area contributed by atoms with E-state index in [1.54, 1.807) is 41.6 Å². The molecule has 4 aromatic rings. The molecule has 1 saturated heterocycles. The first-order valence-electron chi connectivity index (χ1n) is 12.3. The van der Waals surface area contributed by atoms with Crippen molar-refractivity contribution >= 4 is 22.6 Å². The number of carbonyl (C=O) groups excluding carboxylic acids is 2. The summed E-state index contributed by atoms with van der Waals surface area (Å²) in [5.74, 6) is -1.14. The summed E-state index contributed by atoms with van der Waals surface area (Å²) in [5.41, 5.74) is 7.92. The molecule has 1 aliphatic rings. The lowest BCUT2D eigenvalue weighted by Crippen LogP contribution is -2.51. The summed E-state index contributed by atoms with van der Waals surface area (Å²) in [5, 5.41) is 1.87. The summed E-state index contributed by atoms with van der Waals surface area (Å²) >= 11 is 0. The molecule has 1 aliphatic heterocycles. The number of hydrogen-bond acceptors (Lipinski definition) is 4. The molecule has 0 bridgehead atoms. The van der Waals surface area contributed by atoms with Crippen molar-refractivity contribution in [2.45, 2.75) is 18.5 Å². The molecule has 1 aromatic heterocycles. The van der Waals surface area contributed by atoms with E-state index in [1.807, 2.05) is 24.3 Å². The third-order valence-electron chi connectivity index (χ3n) is 6.92. The number of carbonyl (C=O) groups is 2. The third kappa shape index (κ3) is 5.45. The molecule has 6 nitrogen and oxygen atoms in total. The largest absolute Gasteiger partial charge is 0.340 e. The van der Waals surface area contributed by atoms with Gasteiger partial charge in [0.25, 0.3) is 0 Å². The zero-order valence-corrected chi connectivity index (χ0v) is 20.3. The number of halogens is 2. The maximum Gasteiger partial charge on any atom is 0.248 e. The standard InChI is InChI=1S/C29H28F2N4O2/c30-24-9-5-20(6-10-24)28(21-7-11-25(31)12-8-21)34-15-13-33(14-16-34)27(36)17-26(32)29(37)35-18-22-3-1-2-4-23(22)19-35/h1-12,18-19,26,28H,13-17,32H2/t26-/m0/s1. The van der Waals surface area contributed by atoms with Crippen molar-refractivity contribution in [3.05, 3.63) is 108 Å². The molecule has 37 heavy (non-hydrogen) atoms. The SMILES string of the molecule is N[C@@H](CC(=O)N1CCN(C(c2ccc(F)cc2)c2ccc(F)cc2)CC1)C(=O)n1cc2ccccc2c1. The zero-order chi connectivity index (χ0) is 25.9. The second-order valence-corrected chi connectivity index (χ2v) is 9.37. The zero-order valence-electron chi connectivity index (χ0n) is 20.3. The van der Waals surface area contributed by atoms with Gasteiger partial charge < -0.3 is 10.6 Å². The Morgan fingerprint density at radius 3 is 1.73 bits per heavy atom. The number of amides is 1. The minimum Gasteiger partial charge on any atom is -0.340 e. The molecule has 0 aliphatic carbocycles. The van der Waals surface area contributed by atoms with Crippen LogP contribution in [0.2, 0.25) is 0 Å². The molecule has 1 fully saturated rings. The lowest BCUT2D eigenvalue weighted by molar-refractivity contribution is -0.133. The lowest BCUT2D eigenvalue weighted by atomic mass is 9.96. The van der Waals surface area contributed by atoms with Gasteiger partial charge in [0.2, 0.25) is 11.8 Å². The Hall–Kier alpha value is -3.88. The topological polar surface area (TPSA) is 71.6 Å². The Kier molecular flexibility index (Phi) is 7.12. The molecule has 3 aromatic carbocycles. The van der Waals surface area contributed by atoms with Gasteiger partial charge in [-0.05, 0) is 46.2 Å². The fourth-order valence-corrected chi connectivity index (χ4v) is 4.94. The number of rotatable bonds is 6. The van der Waals surface area contributed by atoms with E-state index in [4.69, 9.17) is 5.73 Å². The summed E-state index contributed by atoms with van der Waals surface area (Å²) in [7, 11) is 0. The monoisotopic (exact) mass is 502 g/mol. The van der Waals surface area contributed by atoms with Crippen LogP contribution < -0.4 is 5.73 Å². The smallest absolute Gasteiger partial charge is 0.248 e. The van der Waals surface area contributed by atoms with Crippen LogP contribution in [0.15, 0.2) is 85.2 Å². The Morgan fingerprint density at radius 2 is 1.24 bits per heavy atom. The molecular weight excluding hydrogens is 474 g/mol. The Balaban J connectivity index is 1.24. The number of nitrogens with two attached hydrogens (primary N) is 1. The first kappa shape index (κ1) is 24.8. The van der Waals surface area contributed by atoms with E-state index in [-0.39, 0.29) is 35.9 Å². The summed E-state index contributed by atoms with van der Waals surface area (Å²) in [6.07, 6.45) is 3.38. The summed E-state index contributed by atoms with van der Waals surface area (Å²) in [4.78, 5) is 29.8. The van der Waals surface area contributed by atoms with Gasteiger partial charge in [0.05, 0.1) is 18.5 Å². The van der Waals surface area contributed by atoms with E-state index >= 15 is 0 Å². The second kappa shape index (κ2) is 10.6. The van der Waals surface area contributed by atoms with Crippen molar-refractivity contribution in [3.63, 3.8) is 0 Å². The number of aromatic nitrogens is 1. The van der Waals surface area contributed by atoms with Gasteiger partial charge >= 0.3 is 0 Å². The van der Waals surface area contributed by atoms with E-state index in [9.17, 15) is 18.4 Å². The van der Waals surface area contributed by atoms with Crippen LogP contribution >= 0.6 is 0 Å². The number of nitrogens with zero attached hydrogens (tertiary/aromatic N) is 3. The maximum absolute atomic E-state index is 13.6. The molecule has 1 atom stereocenters. The second-order valence-electron chi connectivity index (χ2n) is 9.37. The first-order valence-corrected chi connectivity index (χ1v) is 12.3. The Bertz CT molecular complexity index is 1320. The van der Waals surface area contributed by atoms with Crippen molar-refractivity contribution in [2.75, 3.05) is 26.2 Å². The third-order valence-corrected chi connectivity index (χ3v) is 6.92. The van der Waals surface area contributed by atoms with E-state index in [2.05, 4.69) is 4.90 Å². The van der Waals surface area contributed by atoms with E-state index < -0.39 is 6.04 Å². The Labute approximate surface area is 213 Å². The molecule has 5 rings (SSSR count). The fourth-order valence-electron chi connectivity index (χ4n) is 4.94. The Morgan fingerprint density at radius 1 is 0.757 bits per heavy atom.